The van der Waals surface area contributed by atoms with Crippen molar-refractivity contribution in [2.75, 3.05) is 32.6 Å². The first-order valence-electron chi connectivity index (χ1n) is 6.62. The summed E-state index contributed by atoms with van der Waals surface area (Å²) in [5, 5.41) is 0. The molecule has 0 N–H and O–H groups in total. The Morgan fingerprint density at radius 2 is 1.79 bits per heavy atom. The summed E-state index contributed by atoms with van der Waals surface area (Å²) in [6, 6.07) is 8.58. The molecular weight excluding hydrogens is 258 g/mol. The zero-order valence-electron chi connectivity index (χ0n) is 11.9. The van der Waals surface area contributed by atoms with E-state index in [0.717, 1.165) is 19.4 Å². The number of hydrogen-bond donors (Lipinski definition) is 0. The highest BCUT2D eigenvalue weighted by Gasteiger charge is 2.46. The SMILES string of the molecule is CSc1ccc([N+]2(C(C)(C)C=O)CCOCC2)cc1. The molecule has 0 aliphatic carbocycles. The maximum Gasteiger partial charge on any atom is 0.180 e. The molecule has 0 atom stereocenters. The molecule has 0 radical (unpaired) electrons. The number of carbonyl (C=O) groups excluding carboxylic acids is 1. The molecule has 1 aromatic carbocycles. The lowest BCUT2D eigenvalue weighted by Gasteiger charge is -2.49. The average molecular weight is 280 g/mol. The number of aldehydes is 1. The van der Waals surface area contributed by atoms with Gasteiger partial charge in [-0.2, -0.15) is 0 Å². The van der Waals surface area contributed by atoms with Crippen molar-refractivity contribution in [2.45, 2.75) is 24.3 Å². The number of morpholine rings is 1. The molecule has 0 amide bonds. The second-order valence-corrected chi connectivity index (χ2v) is 6.38. The molecule has 1 heterocycles. The van der Waals surface area contributed by atoms with Crippen molar-refractivity contribution in [1.82, 2.24) is 4.48 Å². The molecular formula is C15H22NO2S+. The normalized spacial score (nSPS) is 19.1. The summed E-state index contributed by atoms with van der Waals surface area (Å²) in [6.45, 7) is 7.17. The lowest BCUT2D eigenvalue weighted by atomic mass is 9.97. The molecule has 0 saturated carbocycles. The Hall–Kier alpha value is -0.840. The fraction of sp³-hybridized carbons (Fsp3) is 0.533. The second kappa shape index (κ2) is 5.65. The van der Waals surface area contributed by atoms with Crippen LogP contribution in [-0.2, 0) is 9.53 Å². The maximum atomic E-state index is 11.6. The number of carbonyl (C=O) groups is 1. The average Bonchev–Trinajstić information content (AvgIpc) is 2.48. The Kier molecular flexibility index (Phi) is 4.33. The third kappa shape index (κ3) is 2.57. The van der Waals surface area contributed by atoms with E-state index in [4.69, 9.17) is 4.74 Å². The number of ether oxygens (including phenoxy) is 1. The first kappa shape index (κ1) is 14.6. The maximum absolute atomic E-state index is 11.6. The summed E-state index contributed by atoms with van der Waals surface area (Å²) in [5.74, 6) is 0. The van der Waals surface area contributed by atoms with Crippen LogP contribution in [-0.4, -0.2) is 44.4 Å². The van der Waals surface area contributed by atoms with Gasteiger partial charge in [0.15, 0.2) is 11.8 Å². The zero-order valence-corrected chi connectivity index (χ0v) is 12.7. The van der Waals surface area contributed by atoms with Crippen LogP contribution < -0.4 is 4.48 Å². The third-order valence-corrected chi connectivity index (χ3v) is 4.94. The van der Waals surface area contributed by atoms with Crippen LogP contribution in [0.2, 0.25) is 0 Å². The molecule has 1 saturated heterocycles. The fourth-order valence-corrected chi connectivity index (χ4v) is 3.20. The summed E-state index contributed by atoms with van der Waals surface area (Å²) in [7, 11) is 0. The topological polar surface area (TPSA) is 26.3 Å². The van der Waals surface area contributed by atoms with Gasteiger partial charge < -0.3 is 4.74 Å². The van der Waals surface area contributed by atoms with E-state index in [2.05, 4.69) is 30.5 Å². The predicted molar refractivity (Wildman–Crippen MR) is 80.7 cm³/mol. The molecule has 1 fully saturated rings. The summed E-state index contributed by atoms with van der Waals surface area (Å²) in [6.07, 6.45) is 3.16. The summed E-state index contributed by atoms with van der Waals surface area (Å²) >= 11 is 1.74. The number of quaternary nitrogens is 1. The Balaban J connectivity index is 2.44. The van der Waals surface area contributed by atoms with Crippen LogP contribution in [0.3, 0.4) is 0 Å². The number of benzene rings is 1. The molecule has 104 valence electrons. The minimum absolute atomic E-state index is 0.426. The highest BCUT2D eigenvalue weighted by molar-refractivity contribution is 7.98. The molecule has 2 rings (SSSR count). The van der Waals surface area contributed by atoms with E-state index in [0.29, 0.717) is 17.7 Å². The summed E-state index contributed by atoms with van der Waals surface area (Å²) < 4.78 is 6.18. The molecule has 1 aromatic rings. The first-order valence-corrected chi connectivity index (χ1v) is 7.84. The van der Waals surface area contributed by atoms with Gasteiger partial charge in [0, 0.05) is 17.0 Å². The lowest BCUT2D eigenvalue weighted by molar-refractivity contribution is -0.118. The Labute approximate surface area is 119 Å². The van der Waals surface area contributed by atoms with E-state index in [1.54, 1.807) is 11.8 Å². The highest BCUT2D eigenvalue weighted by atomic mass is 32.2. The molecule has 0 aromatic heterocycles. The van der Waals surface area contributed by atoms with Crippen molar-refractivity contribution in [2.24, 2.45) is 0 Å². The monoisotopic (exact) mass is 280 g/mol. The van der Waals surface area contributed by atoms with Gasteiger partial charge in [0.1, 0.15) is 18.8 Å². The van der Waals surface area contributed by atoms with Crippen LogP contribution in [0, 0.1) is 0 Å². The van der Waals surface area contributed by atoms with Crippen LogP contribution in [0.5, 0.6) is 0 Å². The van der Waals surface area contributed by atoms with Gasteiger partial charge in [-0.3, -0.25) is 9.28 Å². The molecule has 0 spiro atoms. The van der Waals surface area contributed by atoms with Crippen molar-refractivity contribution in [3.8, 4) is 0 Å². The smallest absolute Gasteiger partial charge is 0.180 e. The van der Waals surface area contributed by atoms with Crippen LogP contribution in [0.4, 0.5) is 5.69 Å². The van der Waals surface area contributed by atoms with Crippen molar-refractivity contribution < 1.29 is 9.53 Å². The van der Waals surface area contributed by atoms with Crippen LogP contribution in [0.15, 0.2) is 29.2 Å². The van der Waals surface area contributed by atoms with Gasteiger partial charge >= 0.3 is 0 Å². The molecule has 0 bridgehead atoms. The predicted octanol–water partition coefficient (Wildman–Crippen LogP) is 2.72. The van der Waals surface area contributed by atoms with Gasteiger partial charge in [0.2, 0.25) is 0 Å². The largest absolute Gasteiger partial charge is 0.370 e. The summed E-state index contributed by atoms with van der Waals surface area (Å²) in [4.78, 5) is 12.8. The van der Waals surface area contributed by atoms with Crippen LogP contribution in [0.25, 0.3) is 0 Å². The van der Waals surface area contributed by atoms with E-state index < -0.39 is 5.54 Å². The molecule has 1 aliphatic rings. The van der Waals surface area contributed by atoms with Gasteiger partial charge in [-0.15, -0.1) is 11.8 Å². The number of nitrogens with zero attached hydrogens (tertiary/aromatic N) is 1. The van der Waals surface area contributed by atoms with E-state index in [1.807, 2.05) is 13.8 Å². The number of thioether (sulfide) groups is 1. The molecule has 0 unspecified atom stereocenters. The molecule has 1 aliphatic heterocycles. The minimum Gasteiger partial charge on any atom is -0.370 e. The highest BCUT2D eigenvalue weighted by Crippen LogP contribution is 2.34. The van der Waals surface area contributed by atoms with Gasteiger partial charge in [-0.25, -0.2) is 0 Å². The standard InChI is InChI=1S/C15H22NO2S/c1-15(2,12-17)16(8-10-18-11-9-16)13-4-6-14(19-3)7-5-13/h4-7,12H,8-11H2,1-3H3/q+1. The number of rotatable bonds is 4. The van der Waals surface area contributed by atoms with Gasteiger partial charge in [-0.05, 0) is 32.2 Å². The molecule has 3 nitrogen and oxygen atoms in total. The van der Waals surface area contributed by atoms with E-state index in [9.17, 15) is 4.79 Å². The van der Waals surface area contributed by atoms with Gasteiger partial charge in [0.05, 0.1) is 13.2 Å². The molecule has 4 heteroatoms. The zero-order chi connectivity index (χ0) is 13.9. The quantitative estimate of drug-likeness (QED) is 0.482. The van der Waals surface area contributed by atoms with Gasteiger partial charge in [-0.1, -0.05) is 0 Å². The lowest BCUT2D eigenvalue weighted by Crippen LogP contribution is -2.68. The van der Waals surface area contributed by atoms with Crippen molar-refractivity contribution in [3.05, 3.63) is 24.3 Å². The Morgan fingerprint density at radius 3 is 2.26 bits per heavy atom. The van der Waals surface area contributed by atoms with E-state index in [-0.39, 0.29) is 0 Å². The minimum atomic E-state index is -0.426. The van der Waals surface area contributed by atoms with Crippen molar-refractivity contribution in [1.29, 1.82) is 0 Å². The third-order valence-electron chi connectivity index (χ3n) is 4.19. The first-order chi connectivity index (χ1) is 9.05. The Bertz CT molecular complexity index is 436. The van der Waals surface area contributed by atoms with Crippen molar-refractivity contribution in [3.63, 3.8) is 0 Å². The fourth-order valence-electron chi connectivity index (χ4n) is 2.79. The van der Waals surface area contributed by atoms with Gasteiger partial charge in [0.25, 0.3) is 0 Å². The van der Waals surface area contributed by atoms with E-state index >= 15 is 0 Å². The Morgan fingerprint density at radius 1 is 1.21 bits per heavy atom. The van der Waals surface area contributed by atoms with Crippen molar-refractivity contribution >= 4 is 23.7 Å². The number of hydrogen-bond acceptors (Lipinski definition) is 3. The van der Waals surface area contributed by atoms with E-state index in [1.165, 1.54) is 10.6 Å². The summed E-state index contributed by atoms with van der Waals surface area (Å²) in [5.41, 5.74) is 0.781. The second-order valence-electron chi connectivity index (χ2n) is 5.50. The van der Waals surface area contributed by atoms with Crippen LogP contribution in [0.1, 0.15) is 13.8 Å². The van der Waals surface area contributed by atoms with Crippen LogP contribution >= 0.6 is 11.8 Å². The molecule has 19 heavy (non-hydrogen) atoms.